The molecule has 0 aromatic heterocycles. The van der Waals surface area contributed by atoms with Crippen LogP contribution in [0.4, 0.5) is 11.4 Å². The highest BCUT2D eigenvalue weighted by atomic mass is 16.3. The van der Waals surface area contributed by atoms with Crippen molar-refractivity contribution in [3.8, 4) is 16.9 Å². The lowest BCUT2D eigenvalue weighted by molar-refractivity contribution is -0.152. The molecule has 3 aliphatic rings. The highest BCUT2D eigenvalue weighted by molar-refractivity contribution is 6.28. The van der Waals surface area contributed by atoms with Crippen molar-refractivity contribution in [3.63, 3.8) is 0 Å². The van der Waals surface area contributed by atoms with Crippen LogP contribution in [-0.4, -0.2) is 54.1 Å². The average Bonchev–Trinajstić information content (AvgIpc) is 2.82. The number of benzene rings is 2. The molecule has 3 aliphatic carbocycles. The topological polar surface area (TPSA) is 164 Å². The van der Waals surface area contributed by atoms with Gasteiger partial charge in [0.05, 0.1) is 17.4 Å². The number of amides is 2. The predicted octanol–water partition coefficient (Wildman–Crippen LogP) is 1.90. The van der Waals surface area contributed by atoms with Crippen LogP contribution >= 0.6 is 0 Å². The lowest BCUT2D eigenvalue weighted by Crippen LogP contribution is -2.56. The highest BCUT2D eigenvalue weighted by Gasteiger charge is 2.57. The third-order valence-electron chi connectivity index (χ3n) is 8.18. The molecule has 2 saturated carbocycles. The lowest BCUT2D eigenvalue weighted by Gasteiger charge is -2.44. The van der Waals surface area contributed by atoms with Crippen LogP contribution in [0.2, 0.25) is 0 Å². The fraction of sp³-hybridized carbons (Fsp3) is 0.379. The SMILES string of the molecule is CC(=O)Nc1cccc(-c2cc(N(C)C)c3c(c2O)C(=O)C2C(=O)C4C(=O)C(C(N)=O)C(=O)CC4CC2C3)c1. The number of nitrogens with one attached hydrogen (secondary N) is 1. The van der Waals surface area contributed by atoms with Crippen LogP contribution in [0.15, 0.2) is 30.3 Å². The predicted molar refractivity (Wildman–Crippen MR) is 141 cm³/mol. The summed E-state index contributed by atoms with van der Waals surface area (Å²) in [7, 11) is 3.62. The number of Topliss-reactive ketones (excluding diaryl/α,β-unsaturated/α-hetero) is 4. The van der Waals surface area contributed by atoms with E-state index < -0.39 is 58.6 Å². The molecule has 5 rings (SSSR count). The van der Waals surface area contributed by atoms with Crippen molar-refractivity contribution in [2.75, 3.05) is 24.3 Å². The fourth-order valence-electron chi connectivity index (χ4n) is 6.63. The summed E-state index contributed by atoms with van der Waals surface area (Å²) in [5.74, 6) is -9.36. The maximum atomic E-state index is 14.0. The Hall–Kier alpha value is -4.34. The Bertz CT molecular complexity index is 1480. The molecule has 0 spiro atoms. The average molecular weight is 532 g/mol. The Kier molecular flexibility index (Phi) is 6.36. The first kappa shape index (κ1) is 26.3. The van der Waals surface area contributed by atoms with E-state index in [9.17, 15) is 33.9 Å². The van der Waals surface area contributed by atoms with Gasteiger partial charge in [0.2, 0.25) is 11.8 Å². The van der Waals surface area contributed by atoms with Crippen molar-refractivity contribution in [1.29, 1.82) is 0 Å². The van der Waals surface area contributed by atoms with E-state index in [-0.39, 0.29) is 23.6 Å². The van der Waals surface area contributed by atoms with E-state index >= 15 is 0 Å². The smallest absolute Gasteiger partial charge is 0.235 e. The number of nitrogens with zero attached hydrogens (tertiary/aromatic N) is 1. The summed E-state index contributed by atoms with van der Waals surface area (Å²) in [6.07, 6.45) is 0.481. The molecule has 5 atom stereocenters. The number of anilines is 2. The van der Waals surface area contributed by atoms with Crippen LogP contribution in [0, 0.1) is 29.6 Å². The van der Waals surface area contributed by atoms with Crippen LogP contribution in [0.1, 0.15) is 35.7 Å². The van der Waals surface area contributed by atoms with E-state index in [1.54, 1.807) is 30.3 Å². The second-order valence-corrected chi connectivity index (χ2v) is 10.9. The summed E-state index contributed by atoms with van der Waals surface area (Å²) >= 11 is 0. The number of nitrogens with two attached hydrogens (primary N) is 1. The zero-order chi connectivity index (χ0) is 28.3. The van der Waals surface area contributed by atoms with Crippen molar-refractivity contribution >= 4 is 46.3 Å². The third-order valence-corrected chi connectivity index (χ3v) is 8.18. The standard InChI is InChI=1S/C29H29N3O7/c1-12(33)31-16-6-4-5-13(8-16)17-11-19(32(2)3)18-9-14-7-15-10-20(34)24(29(30)39)28(38)22(15)26(36)21(14)27(37)23(18)25(17)35/h4-6,8,11,14-15,21-22,24,35H,7,9-10H2,1-3H3,(H2,30,39)(H,31,33). The number of hydrogen-bond acceptors (Lipinski definition) is 8. The van der Waals surface area contributed by atoms with Gasteiger partial charge in [0.15, 0.2) is 29.1 Å². The summed E-state index contributed by atoms with van der Waals surface area (Å²) in [6.45, 7) is 1.38. The van der Waals surface area contributed by atoms with E-state index in [1.807, 2.05) is 19.0 Å². The minimum Gasteiger partial charge on any atom is -0.507 e. The molecule has 0 bridgehead atoms. The van der Waals surface area contributed by atoms with Gasteiger partial charge >= 0.3 is 0 Å². The Morgan fingerprint density at radius 1 is 1.00 bits per heavy atom. The molecule has 2 aromatic rings. The number of phenols is 1. The van der Waals surface area contributed by atoms with Crippen LogP contribution in [0.3, 0.4) is 0 Å². The maximum Gasteiger partial charge on any atom is 0.235 e. The van der Waals surface area contributed by atoms with E-state index in [0.717, 1.165) is 0 Å². The van der Waals surface area contributed by atoms with Gasteiger partial charge in [-0.1, -0.05) is 12.1 Å². The van der Waals surface area contributed by atoms with Crippen molar-refractivity contribution < 1.29 is 33.9 Å². The molecule has 2 fully saturated rings. The van der Waals surface area contributed by atoms with E-state index in [4.69, 9.17) is 5.73 Å². The first-order valence-electron chi connectivity index (χ1n) is 12.8. The molecule has 10 nitrogen and oxygen atoms in total. The molecule has 0 saturated heterocycles. The number of hydrogen-bond donors (Lipinski definition) is 3. The molecule has 2 aromatic carbocycles. The Labute approximate surface area is 224 Å². The van der Waals surface area contributed by atoms with Crippen molar-refractivity contribution in [2.24, 2.45) is 35.3 Å². The third kappa shape index (κ3) is 4.20. The van der Waals surface area contributed by atoms with Gasteiger partial charge in [-0.3, -0.25) is 28.8 Å². The van der Waals surface area contributed by atoms with Crippen LogP contribution in [0.5, 0.6) is 5.75 Å². The minimum atomic E-state index is -1.67. The minimum absolute atomic E-state index is 0.0277. The Morgan fingerprint density at radius 2 is 1.69 bits per heavy atom. The van der Waals surface area contributed by atoms with Crippen LogP contribution in [0.25, 0.3) is 11.1 Å². The molecular formula is C29H29N3O7. The highest BCUT2D eigenvalue weighted by Crippen LogP contribution is 2.51. The van der Waals surface area contributed by atoms with Crippen LogP contribution < -0.4 is 16.0 Å². The fourth-order valence-corrected chi connectivity index (χ4v) is 6.63. The normalized spacial score (nSPS) is 25.9. The lowest BCUT2D eigenvalue weighted by atomic mass is 9.56. The number of carbonyl (C=O) groups is 6. The van der Waals surface area contributed by atoms with Gasteiger partial charge in [0, 0.05) is 44.4 Å². The van der Waals surface area contributed by atoms with Gasteiger partial charge in [-0.15, -0.1) is 0 Å². The summed E-state index contributed by atoms with van der Waals surface area (Å²) in [5.41, 5.74) is 8.03. The number of ketones is 4. The molecule has 39 heavy (non-hydrogen) atoms. The van der Waals surface area contributed by atoms with Crippen molar-refractivity contribution in [1.82, 2.24) is 0 Å². The number of primary amides is 1. The molecule has 2 amide bonds. The molecule has 4 N–H and O–H groups in total. The zero-order valence-corrected chi connectivity index (χ0v) is 21.8. The molecule has 0 heterocycles. The molecule has 10 heteroatoms. The first-order chi connectivity index (χ1) is 18.4. The van der Waals surface area contributed by atoms with Crippen molar-refractivity contribution in [3.05, 3.63) is 41.5 Å². The van der Waals surface area contributed by atoms with Crippen LogP contribution in [-0.2, 0) is 30.4 Å². The summed E-state index contributed by atoms with van der Waals surface area (Å²) in [4.78, 5) is 78.5. The largest absolute Gasteiger partial charge is 0.507 e. The van der Waals surface area contributed by atoms with Gasteiger partial charge in [-0.2, -0.15) is 0 Å². The maximum absolute atomic E-state index is 14.0. The zero-order valence-electron chi connectivity index (χ0n) is 21.8. The summed E-state index contributed by atoms with van der Waals surface area (Å²) in [5, 5.41) is 14.1. The Balaban J connectivity index is 1.61. The second kappa shape index (κ2) is 9.44. The monoisotopic (exact) mass is 531 g/mol. The number of fused-ring (bicyclic) bond motifs is 3. The molecular weight excluding hydrogens is 502 g/mol. The van der Waals surface area contributed by atoms with Gasteiger partial charge in [-0.05, 0) is 54.0 Å². The number of phenolic OH excluding ortho intramolecular Hbond substituents is 1. The molecule has 0 aliphatic heterocycles. The Morgan fingerprint density at radius 3 is 2.33 bits per heavy atom. The summed E-state index contributed by atoms with van der Waals surface area (Å²) < 4.78 is 0. The number of carbonyl (C=O) groups excluding carboxylic acids is 6. The number of aromatic hydroxyl groups is 1. The van der Waals surface area contributed by atoms with Gasteiger partial charge in [-0.25, -0.2) is 0 Å². The van der Waals surface area contributed by atoms with Gasteiger partial charge in [0.25, 0.3) is 0 Å². The van der Waals surface area contributed by atoms with E-state index in [2.05, 4.69) is 5.32 Å². The molecule has 0 radical (unpaired) electrons. The molecule has 5 unspecified atom stereocenters. The van der Waals surface area contributed by atoms with Crippen molar-refractivity contribution in [2.45, 2.75) is 26.2 Å². The van der Waals surface area contributed by atoms with E-state index in [0.29, 0.717) is 40.9 Å². The van der Waals surface area contributed by atoms with Gasteiger partial charge < -0.3 is 21.1 Å². The van der Waals surface area contributed by atoms with E-state index in [1.165, 1.54) is 6.92 Å². The summed E-state index contributed by atoms with van der Waals surface area (Å²) in [6, 6.07) is 8.60. The first-order valence-corrected chi connectivity index (χ1v) is 12.8. The van der Waals surface area contributed by atoms with Gasteiger partial charge in [0.1, 0.15) is 5.75 Å². The quantitative estimate of drug-likeness (QED) is 0.504. The number of rotatable bonds is 4. The second-order valence-electron chi connectivity index (χ2n) is 10.9. The molecule has 202 valence electrons.